The highest BCUT2D eigenvalue weighted by atomic mass is 16.6. The van der Waals surface area contributed by atoms with Crippen molar-refractivity contribution in [2.75, 3.05) is 20.2 Å². The fraction of sp³-hybridized carbons (Fsp3) is 0.448. The second kappa shape index (κ2) is 13.4. The van der Waals surface area contributed by atoms with Gasteiger partial charge in [-0.15, -0.1) is 0 Å². The monoisotopic (exact) mass is 556 g/mol. The van der Waals surface area contributed by atoms with E-state index in [1.54, 1.807) is 27.7 Å². The van der Waals surface area contributed by atoms with Crippen LogP contribution in [0.15, 0.2) is 60.7 Å². The third-order valence-corrected chi connectivity index (χ3v) is 6.35. The average Bonchev–Trinajstić information content (AvgIpc) is 3.45. The number of methoxy groups -OCH3 is 1. The maximum atomic E-state index is 12.2. The van der Waals surface area contributed by atoms with Gasteiger partial charge in [0.1, 0.15) is 30.8 Å². The van der Waals surface area contributed by atoms with Gasteiger partial charge in [-0.25, -0.2) is 14.4 Å². The van der Waals surface area contributed by atoms with Crippen molar-refractivity contribution >= 4 is 24.4 Å². The molecule has 2 saturated heterocycles. The summed E-state index contributed by atoms with van der Waals surface area (Å²) < 4.78 is 26.1. The summed E-state index contributed by atoms with van der Waals surface area (Å²) in [6, 6.07) is 18.8. The third kappa shape index (κ3) is 8.03. The lowest BCUT2D eigenvalue weighted by Gasteiger charge is -2.28. The predicted molar refractivity (Wildman–Crippen MR) is 143 cm³/mol. The van der Waals surface area contributed by atoms with Gasteiger partial charge in [-0.3, -0.25) is 9.80 Å². The number of rotatable bonds is 6. The lowest BCUT2D eigenvalue weighted by Crippen LogP contribution is -2.43. The van der Waals surface area contributed by atoms with E-state index in [4.69, 9.17) is 18.9 Å². The van der Waals surface area contributed by atoms with Crippen LogP contribution in [0.25, 0.3) is 0 Å². The van der Waals surface area contributed by atoms with E-state index in [-0.39, 0.29) is 26.3 Å². The molecule has 2 atom stereocenters. The minimum absolute atomic E-state index is 0.118. The van der Waals surface area contributed by atoms with Gasteiger partial charge in [-0.1, -0.05) is 60.7 Å². The van der Waals surface area contributed by atoms with Crippen LogP contribution in [0.4, 0.5) is 9.59 Å². The summed E-state index contributed by atoms with van der Waals surface area (Å²) in [5.74, 6) is -0.499. The fourth-order valence-corrected chi connectivity index (χ4v) is 4.21. The molecular weight excluding hydrogens is 520 g/mol. The zero-order valence-corrected chi connectivity index (χ0v) is 23.4. The van der Waals surface area contributed by atoms with Gasteiger partial charge in [0, 0.05) is 0 Å². The van der Waals surface area contributed by atoms with Crippen LogP contribution in [0.1, 0.15) is 38.8 Å². The van der Waals surface area contributed by atoms with Crippen LogP contribution >= 0.6 is 0 Å². The van der Waals surface area contributed by atoms with Gasteiger partial charge in [-0.05, 0) is 38.8 Å². The second-order valence-corrected chi connectivity index (χ2v) is 10.1. The Morgan fingerprint density at radius 2 is 1.25 bits per heavy atom. The van der Waals surface area contributed by atoms with Gasteiger partial charge < -0.3 is 28.5 Å². The molecule has 0 unspecified atom stereocenters. The molecule has 2 fully saturated rings. The molecule has 2 aliphatic rings. The van der Waals surface area contributed by atoms with Crippen LogP contribution in [-0.4, -0.2) is 78.1 Å². The van der Waals surface area contributed by atoms with Crippen molar-refractivity contribution in [2.45, 2.75) is 64.6 Å². The molecule has 40 heavy (non-hydrogen) atoms. The van der Waals surface area contributed by atoms with Crippen molar-refractivity contribution in [2.24, 2.45) is 0 Å². The van der Waals surface area contributed by atoms with Gasteiger partial charge in [-0.2, -0.15) is 0 Å². The average molecular weight is 557 g/mol. The van der Waals surface area contributed by atoms with E-state index in [0.29, 0.717) is 6.29 Å². The highest BCUT2D eigenvalue weighted by Crippen LogP contribution is 2.28. The van der Waals surface area contributed by atoms with Crippen LogP contribution in [0.3, 0.4) is 0 Å². The maximum Gasteiger partial charge on any atom is 0.412 e. The van der Waals surface area contributed by atoms with Crippen LogP contribution in [0.5, 0.6) is 0 Å². The number of carbonyl (C=O) groups is 4. The molecule has 216 valence electrons. The molecule has 0 aliphatic carbocycles. The molecule has 0 bridgehead atoms. The van der Waals surface area contributed by atoms with Gasteiger partial charge >= 0.3 is 18.2 Å². The molecule has 4 rings (SSSR count). The lowest BCUT2D eigenvalue weighted by atomic mass is 10.2. The fourth-order valence-electron chi connectivity index (χ4n) is 4.21. The number of hydrogen-bond donors (Lipinski definition) is 0. The van der Waals surface area contributed by atoms with Crippen molar-refractivity contribution in [1.29, 1.82) is 0 Å². The normalized spacial score (nSPS) is 20.6. The standard InChI is InChI=1S/C15H19NO5.C14H17NO4/c1-15(2)16(9-12(21-15)13(17)19-3)14(18)20-10-11-7-5-4-6-8-11;1-14(2)15(8-12(9-16)19-14)13(17)18-10-11-6-4-3-5-7-11/h4-8,12H,9-10H2,1-3H3;3-7,9,12H,8,10H2,1-2H3/t2*12-/m00/s1. The van der Waals surface area contributed by atoms with E-state index in [1.807, 2.05) is 60.7 Å². The molecule has 2 heterocycles. The van der Waals surface area contributed by atoms with Gasteiger partial charge in [0.15, 0.2) is 12.4 Å². The number of ether oxygens (including phenoxy) is 5. The van der Waals surface area contributed by atoms with Crippen molar-refractivity contribution < 1.29 is 42.9 Å². The molecule has 0 aromatic heterocycles. The highest BCUT2D eigenvalue weighted by molar-refractivity contribution is 5.77. The number of hydrogen-bond acceptors (Lipinski definition) is 9. The number of nitrogens with zero attached hydrogens (tertiary/aromatic N) is 2. The summed E-state index contributed by atoms with van der Waals surface area (Å²) in [6.45, 7) is 7.62. The Bertz CT molecular complexity index is 1150. The Balaban J connectivity index is 0.000000222. The van der Waals surface area contributed by atoms with E-state index in [9.17, 15) is 19.2 Å². The first-order chi connectivity index (χ1) is 19.0. The van der Waals surface area contributed by atoms with Crippen molar-refractivity contribution in [3.63, 3.8) is 0 Å². The molecule has 0 spiro atoms. The maximum absolute atomic E-state index is 12.2. The van der Waals surface area contributed by atoms with E-state index >= 15 is 0 Å². The Morgan fingerprint density at radius 1 is 0.800 bits per heavy atom. The van der Waals surface area contributed by atoms with E-state index in [1.165, 1.54) is 16.9 Å². The van der Waals surface area contributed by atoms with E-state index in [2.05, 4.69) is 4.74 Å². The first-order valence-electron chi connectivity index (χ1n) is 12.8. The van der Waals surface area contributed by atoms with Gasteiger partial charge in [0.25, 0.3) is 0 Å². The number of benzene rings is 2. The molecule has 2 aliphatic heterocycles. The zero-order chi connectivity index (χ0) is 29.3. The van der Waals surface area contributed by atoms with Crippen molar-refractivity contribution in [1.82, 2.24) is 9.80 Å². The first kappa shape index (κ1) is 30.6. The minimum atomic E-state index is -0.910. The summed E-state index contributed by atoms with van der Waals surface area (Å²) in [5, 5.41) is 0. The Morgan fingerprint density at radius 3 is 1.68 bits per heavy atom. The largest absolute Gasteiger partial charge is 0.467 e. The smallest absolute Gasteiger partial charge is 0.412 e. The molecule has 11 nitrogen and oxygen atoms in total. The number of carbonyl (C=O) groups excluding carboxylic acids is 4. The van der Waals surface area contributed by atoms with Crippen LogP contribution in [-0.2, 0) is 46.5 Å². The van der Waals surface area contributed by atoms with Crippen molar-refractivity contribution in [3.05, 3.63) is 71.8 Å². The summed E-state index contributed by atoms with van der Waals surface area (Å²) in [7, 11) is 1.29. The molecule has 0 saturated carbocycles. The number of amides is 2. The lowest BCUT2D eigenvalue weighted by molar-refractivity contribution is -0.157. The quantitative estimate of drug-likeness (QED) is 0.296. The molecular formula is C29H36N2O9. The van der Waals surface area contributed by atoms with Crippen molar-refractivity contribution in [3.8, 4) is 0 Å². The second-order valence-electron chi connectivity index (χ2n) is 10.1. The number of esters is 1. The predicted octanol–water partition coefficient (Wildman–Crippen LogP) is 3.89. The van der Waals surface area contributed by atoms with Gasteiger partial charge in [0.2, 0.25) is 0 Å². The third-order valence-electron chi connectivity index (χ3n) is 6.35. The van der Waals surface area contributed by atoms with Crippen LogP contribution in [0.2, 0.25) is 0 Å². The Hall–Kier alpha value is -3.96. The minimum Gasteiger partial charge on any atom is -0.467 e. The van der Waals surface area contributed by atoms with Crippen LogP contribution < -0.4 is 0 Å². The van der Waals surface area contributed by atoms with E-state index < -0.39 is 41.8 Å². The summed E-state index contributed by atoms with van der Waals surface area (Å²) in [4.78, 5) is 49.2. The molecule has 2 amide bonds. The van der Waals surface area contributed by atoms with E-state index in [0.717, 1.165) is 11.1 Å². The topological polar surface area (TPSA) is 121 Å². The molecule has 0 N–H and O–H groups in total. The molecule has 2 aromatic carbocycles. The molecule has 11 heteroatoms. The Labute approximate surface area is 233 Å². The molecule has 2 aromatic rings. The highest BCUT2D eigenvalue weighted by Gasteiger charge is 2.46. The number of aldehydes is 1. The van der Waals surface area contributed by atoms with Gasteiger partial charge in [0.05, 0.1) is 20.2 Å². The zero-order valence-electron chi connectivity index (χ0n) is 23.4. The summed E-state index contributed by atoms with van der Waals surface area (Å²) in [6.07, 6.45) is -1.66. The first-order valence-corrected chi connectivity index (χ1v) is 12.8. The summed E-state index contributed by atoms with van der Waals surface area (Å²) in [5.41, 5.74) is 0.0837. The van der Waals surface area contributed by atoms with Crippen LogP contribution in [0, 0.1) is 0 Å². The Kier molecular flexibility index (Phi) is 10.2. The molecule has 0 radical (unpaired) electrons. The summed E-state index contributed by atoms with van der Waals surface area (Å²) >= 11 is 0. The SMILES string of the molecule is CC1(C)O[C@H](C=O)CN1C(=O)OCc1ccccc1.COC(=O)[C@@H]1CN(C(=O)OCc2ccccc2)C(C)(C)O1.